The minimum Gasteiger partial charge on any atom is -0.497 e. The molecule has 0 unspecified atom stereocenters. The monoisotopic (exact) mass is 477 g/mol. The molecule has 0 radical (unpaired) electrons. The quantitative estimate of drug-likeness (QED) is 0.388. The number of sulfonamides is 1. The molecule has 1 aromatic heterocycles. The summed E-state index contributed by atoms with van der Waals surface area (Å²) in [5.41, 5.74) is 1.94. The van der Waals surface area contributed by atoms with E-state index in [9.17, 15) is 13.2 Å². The molecule has 3 aromatic carbocycles. The van der Waals surface area contributed by atoms with E-state index in [1.54, 1.807) is 48.5 Å². The summed E-state index contributed by atoms with van der Waals surface area (Å²) < 4.78 is 40.9. The van der Waals surface area contributed by atoms with E-state index in [0.717, 1.165) is 5.69 Å². The first-order valence-corrected chi connectivity index (χ1v) is 11.8. The zero-order chi connectivity index (χ0) is 24.1. The van der Waals surface area contributed by atoms with Gasteiger partial charge in [-0.1, -0.05) is 6.07 Å². The van der Waals surface area contributed by atoms with Crippen molar-refractivity contribution in [1.29, 1.82) is 0 Å². The Morgan fingerprint density at radius 1 is 0.824 bits per heavy atom. The summed E-state index contributed by atoms with van der Waals surface area (Å²) >= 11 is 0. The molecule has 0 atom stereocenters. The largest absolute Gasteiger partial charge is 0.497 e. The van der Waals surface area contributed by atoms with Crippen LogP contribution in [0, 0.1) is 0 Å². The third-order valence-corrected chi connectivity index (χ3v) is 6.47. The van der Waals surface area contributed by atoms with Gasteiger partial charge in [-0.25, -0.2) is 8.42 Å². The van der Waals surface area contributed by atoms with Gasteiger partial charge in [0.05, 0.1) is 14.2 Å². The fourth-order valence-electron chi connectivity index (χ4n) is 3.35. The van der Waals surface area contributed by atoms with E-state index in [0.29, 0.717) is 22.7 Å². The van der Waals surface area contributed by atoms with Gasteiger partial charge in [0.2, 0.25) is 0 Å². The molecule has 8 nitrogen and oxygen atoms in total. The fourth-order valence-corrected chi connectivity index (χ4v) is 4.61. The Kier molecular flexibility index (Phi) is 6.55. The summed E-state index contributed by atoms with van der Waals surface area (Å²) in [5, 5.41) is 2.76. The molecule has 4 rings (SSSR count). The highest BCUT2D eigenvalue weighted by atomic mass is 32.2. The van der Waals surface area contributed by atoms with Gasteiger partial charge in [0.25, 0.3) is 15.9 Å². The molecule has 0 bridgehead atoms. The maximum Gasteiger partial charge on any atom is 0.265 e. The third-order valence-electron chi connectivity index (χ3n) is 5.06. The highest BCUT2D eigenvalue weighted by molar-refractivity contribution is 7.92. The van der Waals surface area contributed by atoms with Crippen LogP contribution < -0.4 is 19.5 Å². The van der Waals surface area contributed by atoms with Gasteiger partial charge >= 0.3 is 0 Å². The first-order chi connectivity index (χ1) is 16.4. The highest BCUT2D eigenvalue weighted by Gasteiger charge is 2.21. The van der Waals surface area contributed by atoms with Crippen molar-refractivity contribution in [2.45, 2.75) is 4.90 Å². The third kappa shape index (κ3) is 5.05. The zero-order valence-corrected chi connectivity index (χ0v) is 19.4. The molecule has 9 heteroatoms. The number of amides is 1. The number of nitrogens with zero attached hydrogens (tertiary/aromatic N) is 1. The first-order valence-electron chi connectivity index (χ1n) is 10.3. The number of rotatable bonds is 8. The molecule has 0 saturated carbocycles. The minimum absolute atomic E-state index is 0.107. The van der Waals surface area contributed by atoms with E-state index < -0.39 is 10.0 Å². The van der Waals surface area contributed by atoms with Crippen molar-refractivity contribution in [3.05, 3.63) is 96.8 Å². The smallest absolute Gasteiger partial charge is 0.265 e. The number of methoxy groups -OCH3 is 2. The number of hydrogen-bond acceptors (Lipinski definition) is 5. The van der Waals surface area contributed by atoms with Gasteiger partial charge in [0.1, 0.15) is 16.4 Å². The van der Waals surface area contributed by atoms with Crippen LogP contribution in [0.1, 0.15) is 10.4 Å². The molecule has 0 aliphatic heterocycles. The van der Waals surface area contributed by atoms with Crippen molar-refractivity contribution in [2.75, 3.05) is 24.3 Å². The van der Waals surface area contributed by atoms with Crippen LogP contribution in [0.3, 0.4) is 0 Å². The normalized spacial score (nSPS) is 11.0. The first kappa shape index (κ1) is 22.9. The average Bonchev–Trinajstić information content (AvgIpc) is 3.39. The van der Waals surface area contributed by atoms with Gasteiger partial charge in [0, 0.05) is 35.0 Å². The van der Waals surface area contributed by atoms with Crippen LogP contribution in [-0.4, -0.2) is 33.1 Å². The molecule has 4 aromatic rings. The summed E-state index contributed by atoms with van der Waals surface area (Å²) in [6.45, 7) is 0. The van der Waals surface area contributed by atoms with Crippen LogP contribution in [0.15, 0.2) is 96.2 Å². The molecule has 1 heterocycles. The molecule has 0 spiro atoms. The maximum atomic E-state index is 13.1. The number of ether oxygens (including phenoxy) is 2. The van der Waals surface area contributed by atoms with Crippen LogP contribution in [-0.2, 0) is 10.0 Å². The second-order valence-electron chi connectivity index (χ2n) is 7.29. The lowest BCUT2D eigenvalue weighted by Gasteiger charge is -2.14. The van der Waals surface area contributed by atoms with Gasteiger partial charge in [-0.15, -0.1) is 0 Å². The van der Waals surface area contributed by atoms with Crippen molar-refractivity contribution in [3.8, 4) is 17.2 Å². The molecule has 0 fully saturated rings. The van der Waals surface area contributed by atoms with E-state index in [-0.39, 0.29) is 16.6 Å². The lowest BCUT2D eigenvalue weighted by Crippen LogP contribution is -2.16. The molecular weight excluding hydrogens is 454 g/mol. The molecular formula is C25H23N3O5S. The summed E-state index contributed by atoms with van der Waals surface area (Å²) in [6.07, 6.45) is 3.76. The molecule has 0 saturated heterocycles. The Hall–Kier alpha value is -4.24. The van der Waals surface area contributed by atoms with Crippen LogP contribution in [0.25, 0.3) is 5.69 Å². The van der Waals surface area contributed by atoms with Crippen molar-refractivity contribution in [2.24, 2.45) is 0 Å². The summed E-state index contributed by atoms with van der Waals surface area (Å²) in [5.74, 6) is 0.380. The van der Waals surface area contributed by atoms with Gasteiger partial charge in [-0.3, -0.25) is 9.52 Å². The van der Waals surface area contributed by atoms with Crippen LogP contribution in [0.2, 0.25) is 0 Å². The average molecular weight is 478 g/mol. The van der Waals surface area contributed by atoms with Crippen molar-refractivity contribution in [1.82, 2.24) is 4.57 Å². The molecule has 34 heavy (non-hydrogen) atoms. The Morgan fingerprint density at radius 2 is 1.53 bits per heavy atom. The number of carbonyl (C=O) groups is 1. The Balaban J connectivity index is 1.58. The summed E-state index contributed by atoms with van der Waals surface area (Å²) in [4.78, 5) is 12.8. The van der Waals surface area contributed by atoms with Gasteiger partial charge in [0.15, 0.2) is 0 Å². The molecule has 0 aliphatic rings. The Morgan fingerprint density at radius 3 is 2.21 bits per heavy atom. The molecule has 2 N–H and O–H groups in total. The number of hydrogen-bond donors (Lipinski definition) is 2. The number of nitrogens with one attached hydrogen (secondary N) is 2. The fraction of sp³-hybridized carbons (Fsp3) is 0.0800. The lowest BCUT2D eigenvalue weighted by molar-refractivity contribution is 0.102. The number of anilines is 2. The van der Waals surface area contributed by atoms with Gasteiger partial charge in [-0.2, -0.15) is 0 Å². The Bertz CT molecular complexity index is 1400. The van der Waals surface area contributed by atoms with E-state index in [1.165, 1.54) is 26.4 Å². The predicted octanol–water partition coefficient (Wildman–Crippen LogP) is 4.55. The van der Waals surface area contributed by atoms with Crippen LogP contribution in [0.4, 0.5) is 11.4 Å². The van der Waals surface area contributed by atoms with Crippen molar-refractivity contribution < 1.29 is 22.7 Å². The standard InChI is InChI=1S/C25H23N3O5S/c1-32-22-11-8-19(9-12-22)27-34(30,31)24-17-20(10-13-23(24)33-2)26-25(29)18-6-5-7-21(16-18)28-14-3-4-15-28/h3-17,27H,1-2H3,(H,26,29). The Labute approximate surface area is 197 Å². The highest BCUT2D eigenvalue weighted by Crippen LogP contribution is 2.29. The van der Waals surface area contributed by atoms with Crippen molar-refractivity contribution in [3.63, 3.8) is 0 Å². The second kappa shape index (κ2) is 9.72. The lowest BCUT2D eigenvalue weighted by atomic mass is 10.2. The van der Waals surface area contributed by atoms with E-state index in [4.69, 9.17) is 9.47 Å². The number of aromatic nitrogens is 1. The predicted molar refractivity (Wildman–Crippen MR) is 131 cm³/mol. The minimum atomic E-state index is -4.01. The summed E-state index contributed by atoms with van der Waals surface area (Å²) in [7, 11) is -1.10. The molecule has 174 valence electrons. The second-order valence-corrected chi connectivity index (χ2v) is 8.95. The molecule has 1 amide bonds. The van der Waals surface area contributed by atoms with E-state index >= 15 is 0 Å². The van der Waals surface area contributed by atoms with Gasteiger partial charge < -0.3 is 19.4 Å². The van der Waals surface area contributed by atoms with Gasteiger partial charge in [-0.05, 0) is 72.8 Å². The SMILES string of the molecule is COc1ccc(NS(=O)(=O)c2cc(NC(=O)c3cccc(-n4cccc4)c3)ccc2OC)cc1. The maximum absolute atomic E-state index is 13.1. The van der Waals surface area contributed by atoms with Crippen LogP contribution in [0.5, 0.6) is 11.5 Å². The van der Waals surface area contributed by atoms with Crippen LogP contribution >= 0.6 is 0 Å². The van der Waals surface area contributed by atoms with Crippen molar-refractivity contribution >= 4 is 27.3 Å². The topological polar surface area (TPSA) is 98.7 Å². The zero-order valence-electron chi connectivity index (χ0n) is 18.6. The summed E-state index contributed by atoms with van der Waals surface area (Å²) in [6, 6.07) is 21.8. The molecule has 0 aliphatic carbocycles. The number of carbonyl (C=O) groups excluding carboxylic acids is 1. The van der Waals surface area contributed by atoms with E-state index in [2.05, 4.69) is 10.0 Å². The van der Waals surface area contributed by atoms with E-state index in [1.807, 2.05) is 35.2 Å². The number of benzene rings is 3.